The van der Waals surface area contributed by atoms with Gasteiger partial charge in [-0.05, 0) is 0 Å². The van der Waals surface area contributed by atoms with Crippen LogP contribution in [0.2, 0.25) is 0 Å². The summed E-state index contributed by atoms with van der Waals surface area (Å²) in [5, 5.41) is 9.30. The summed E-state index contributed by atoms with van der Waals surface area (Å²) >= 11 is 0. The number of carbonyl (C=O) groups excluding carboxylic acids is 1. The second-order valence-electron chi connectivity index (χ2n) is 3.04. The summed E-state index contributed by atoms with van der Waals surface area (Å²) in [7, 11) is 0. The minimum atomic E-state index is -1.02. The molecule has 2 saturated heterocycles. The third kappa shape index (κ3) is 0.884. The lowest BCUT2D eigenvalue weighted by molar-refractivity contribution is -0.161. The highest BCUT2D eigenvalue weighted by atomic mass is 16.6. The van der Waals surface area contributed by atoms with Crippen LogP contribution in [0.1, 0.15) is 0 Å². The van der Waals surface area contributed by atoms with Gasteiger partial charge in [-0.3, -0.25) is 4.79 Å². The smallest absolute Gasteiger partial charge is 0.314 e. The van der Waals surface area contributed by atoms with Crippen LogP contribution in [0.15, 0.2) is 12.7 Å². The zero-order valence-electron chi connectivity index (χ0n) is 6.47. The molecule has 1 N–H and O–H groups in total. The number of esters is 1. The van der Waals surface area contributed by atoms with Gasteiger partial charge >= 0.3 is 5.97 Å². The van der Waals surface area contributed by atoms with Crippen molar-refractivity contribution >= 4 is 5.97 Å². The number of fused-ring (bicyclic) bond motifs is 1. The van der Waals surface area contributed by atoms with Gasteiger partial charge in [0.1, 0.15) is 0 Å². The van der Waals surface area contributed by atoms with Gasteiger partial charge < -0.3 is 14.6 Å². The monoisotopic (exact) mass is 170 g/mol. The second kappa shape index (κ2) is 2.57. The summed E-state index contributed by atoms with van der Waals surface area (Å²) in [5.74, 6) is -0.921. The lowest BCUT2D eigenvalue weighted by Crippen LogP contribution is -2.25. The van der Waals surface area contributed by atoms with Crippen molar-refractivity contribution in [3.05, 3.63) is 12.7 Å². The Morgan fingerprint density at radius 2 is 2.42 bits per heavy atom. The predicted octanol–water partition coefficient (Wildman–Crippen LogP) is -0.321. The zero-order valence-corrected chi connectivity index (χ0v) is 6.47. The van der Waals surface area contributed by atoms with Crippen molar-refractivity contribution in [3.8, 4) is 0 Å². The number of cyclic esters (lactones) is 1. The molecule has 2 heterocycles. The molecule has 0 saturated carbocycles. The number of hydrogen-bond donors (Lipinski definition) is 1. The van der Waals surface area contributed by atoms with E-state index in [2.05, 4.69) is 11.3 Å². The first kappa shape index (κ1) is 7.76. The largest absolute Gasteiger partial charge is 0.435 e. The van der Waals surface area contributed by atoms with Crippen LogP contribution < -0.4 is 0 Å². The number of hydrogen-bond acceptors (Lipinski definition) is 4. The molecule has 2 rings (SSSR count). The van der Waals surface area contributed by atoms with Gasteiger partial charge in [0.2, 0.25) is 6.29 Å². The lowest BCUT2D eigenvalue weighted by atomic mass is 9.93. The maximum absolute atomic E-state index is 11.0. The Labute approximate surface area is 69.8 Å². The van der Waals surface area contributed by atoms with Gasteiger partial charge in [-0.2, -0.15) is 0 Å². The molecule has 0 aliphatic carbocycles. The molecular formula is C8H10O4. The highest BCUT2D eigenvalue weighted by Crippen LogP contribution is 2.37. The van der Waals surface area contributed by atoms with Crippen LogP contribution in [0.25, 0.3) is 0 Å². The minimum absolute atomic E-state index is 0.253. The van der Waals surface area contributed by atoms with E-state index >= 15 is 0 Å². The molecule has 0 aromatic rings. The Morgan fingerprint density at radius 1 is 1.67 bits per heavy atom. The maximum Gasteiger partial charge on any atom is 0.314 e. The summed E-state index contributed by atoms with van der Waals surface area (Å²) < 4.78 is 9.88. The van der Waals surface area contributed by atoms with Crippen LogP contribution in [0.4, 0.5) is 0 Å². The molecule has 0 amide bonds. The summed E-state index contributed by atoms with van der Waals surface area (Å²) in [6.07, 6.45) is 0.319. The molecule has 0 aromatic heterocycles. The predicted molar refractivity (Wildman–Crippen MR) is 39.0 cm³/mol. The van der Waals surface area contributed by atoms with Gasteiger partial charge in [0.15, 0.2) is 0 Å². The Hall–Kier alpha value is -0.870. The summed E-state index contributed by atoms with van der Waals surface area (Å²) in [6, 6.07) is 0. The van der Waals surface area contributed by atoms with Crippen LogP contribution in [-0.2, 0) is 14.3 Å². The molecule has 12 heavy (non-hydrogen) atoms. The Balaban J connectivity index is 2.22. The first-order valence-corrected chi connectivity index (χ1v) is 3.87. The molecule has 4 nitrogen and oxygen atoms in total. The fourth-order valence-electron chi connectivity index (χ4n) is 1.76. The van der Waals surface area contributed by atoms with Gasteiger partial charge in [-0.1, -0.05) is 6.08 Å². The topological polar surface area (TPSA) is 55.8 Å². The molecule has 2 aliphatic rings. The SMILES string of the molecule is C=CC1OCC2C(=O)OC(O)C12. The van der Waals surface area contributed by atoms with E-state index in [1.165, 1.54) is 0 Å². The highest BCUT2D eigenvalue weighted by Gasteiger charge is 2.52. The van der Waals surface area contributed by atoms with Gasteiger partial charge in [0.05, 0.1) is 24.5 Å². The molecule has 2 fully saturated rings. The maximum atomic E-state index is 11.0. The lowest BCUT2D eigenvalue weighted by Gasteiger charge is -2.14. The number of aliphatic hydroxyl groups excluding tert-OH is 1. The van der Waals surface area contributed by atoms with Crippen molar-refractivity contribution in [1.82, 2.24) is 0 Å². The molecule has 4 heteroatoms. The Kier molecular flexibility index (Phi) is 1.66. The molecular weight excluding hydrogens is 160 g/mol. The average molecular weight is 170 g/mol. The van der Waals surface area contributed by atoms with Crippen LogP contribution in [-0.4, -0.2) is 30.1 Å². The van der Waals surface area contributed by atoms with Crippen molar-refractivity contribution in [2.24, 2.45) is 11.8 Å². The molecule has 4 atom stereocenters. The summed E-state index contributed by atoms with van der Waals surface area (Å²) in [5.41, 5.74) is 0. The molecule has 0 spiro atoms. The first-order valence-electron chi connectivity index (χ1n) is 3.87. The van der Waals surface area contributed by atoms with E-state index in [0.29, 0.717) is 6.61 Å². The van der Waals surface area contributed by atoms with Crippen LogP contribution in [0.3, 0.4) is 0 Å². The van der Waals surface area contributed by atoms with E-state index in [0.717, 1.165) is 0 Å². The number of rotatable bonds is 1. The number of carbonyl (C=O) groups is 1. The molecule has 0 radical (unpaired) electrons. The van der Waals surface area contributed by atoms with Crippen LogP contribution in [0, 0.1) is 11.8 Å². The van der Waals surface area contributed by atoms with Gasteiger partial charge in [-0.25, -0.2) is 0 Å². The van der Waals surface area contributed by atoms with Crippen LogP contribution in [0.5, 0.6) is 0 Å². The number of aliphatic hydroxyl groups is 1. The molecule has 4 unspecified atom stereocenters. The van der Waals surface area contributed by atoms with Crippen molar-refractivity contribution in [2.45, 2.75) is 12.4 Å². The minimum Gasteiger partial charge on any atom is -0.435 e. The zero-order chi connectivity index (χ0) is 8.72. The van der Waals surface area contributed by atoms with Gasteiger partial charge in [0.25, 0.3) is 0 Å². The van der Waals surface area contributed by atoms with Crippen molar-refractivity contribution in [3.63, 3.8) is 0 Å². The summed E-state index contributed by atoms with van der Waals surface area (Å²) in [4.78, 5) is 11.0. The van der Waals surface area contributed by atoms with Crippen LogP contribution >= 0.6 is 0 Å². The van der Waals surface area contributed by atoms with Crippen molar-refractivity contribution in [1.29, 1.82) is 0 Å². The average Bonchev–Trinajstić information content (AvgIpc) is 2.55. The van der Waals surface area contributed by atoms with E-state index in [1.807, 2.05) is 0 Å². The fourth-order valence-corrected chi connectivity index (χ4v) is 1.76. The number of ether oxygens (including phenoxy) is 2. The van der Waals surface area contributed by atoms with E-state index < -0.39 is 6.29 Å². The normalized spacial score (nSPS) is 45.6. The molecule has 0 aromatic carbocycles. The third-order valence-electron chi connectivity index (χ3n) is 2.41. The highest BCUT2D eigenvalue weighted by molar-refractivity contribution is 5.75. The first-order chi connectivity index (χ1) is 5.74. The van der Waals surface area contributed by atoms with Crippen molar-refractivity contribution in [2.75, 3.05) is 6.61 Å². The standard InChI is InChI=1S/C8H10O4/c1-2-5-6-4(3-11-5)7(9)12-8(6)10/h2,4-6,8,10H,1,3H2. The van der Waals surface area contributed by atoms with E-state index in [4.69, 9.17) is 4.74 Å². The Bertz CT molecular complexity index is 225. The molecule has 0 bridgehead atoms. The molecule has 2 aliphatic heterocycles. The van der Waals surface area contributed by atoms with E-state index in [1.54, 1.807) is 6.08 Å². The quantitative estimate of drug-likeness (QED) is 0.433. The fraction of sp³-hybridized carbons (Fsp3) is 0.625. The van der Waals surface area contributed by atoms with E-state index in [-0.39, 0.29) is 23.9 Å². The van der Waals surface area contributed by atoms with Gasteiger partial charge in [0, 0.05) is 0 Å². The third-order valence-corrected chi connectivity index (χ3v) is 2.41. The Morgan fingerprint density at radius 3 is 3.08 bits per heavy atom. The van der Waals surface area contributed by atoms with Gasteiger partial charge in [-0.15, -0.1) is 6.58 Å². The van der Waals surface area contributed by atoms with Crippen molar-refractivity contribution < 1.29 is 19.4 Å². The van der Waals surface area contributed by atoms with E-state index in [9.17, 15) is 9.90 Å². The molecule has 66 valence electrons. The summed E-state index contributed by atoms with van der Waals surface area (Å²) in [6.45, 7) is 3.89. The second-order valence-corrected chi connectivity index (χ2v) is 3.04.